The summed E-state index contributed by atoms with van der Waals surface area (Å²) in [5.74, 6) is -0.465. The van der Waals surface area contributed by atoms with E-state index in [9.17, 15) is 14.9 Å². The maximum atomic E-state index is 12.7. The van der Waals surface area contributed by atoms with Crippen LogP contribution in [0.5, 0.6) is 0 Å². The molecule has 0 spiro atoms. The molecule has 2 aliphatic carbocycles. The van der Waals surface area contributed by atoms with Gasteiger partial charge in [0, 0.05) is 36.0 Å². The fourth-order valence-corrected chi connectivity index (χ4v) is 5.48. The van der Waals surface area contributed by atoms with E-state index in [4.69, 9.17) is 5.73 Å². The summed E-state index contributed by atoms with van der Waals surface area (Å²) in [5.41, 5.74) is 8.74. The van der Waals surface area contributed by atoms with E-state index >= 15 is 0 Å². The lowest BCUT2D eigenvalue weighted by molar-refractivity contribution is -0.116. The Kier molecular flexibility index (Phi) is 6.69. The smallest absolute Gasteiger partial charge is 0.248 e. The molecule has 0 atom stereocenters. The molecule has 3 N–H and O–H groups in total. The topological polar surface area (TPSA) is 99.2 Å². The zero-order valence-electron chi connectivity index (χ0n) is 17.7. The Hall–Kier alpha value is -2.69. The van der Waals surface area contributed by atoms with Crippen molar-refractivity contribution in [2.45, 2.75) is 64.0 Å². The number of primary amides is 1. The van der Waals surface area contributed by atoms with E-state index in [0.29, 0.717) is 30.1 Å². The van der Waals surface area contributed by atoms with E-state index in [-0.39, 0.29) is 5.91 Å². The van der Waals surface area contributed by atoms with Gasteiger partial charge in [-0.1, -0.05) is 18.6 Å². The van der Waals surface area contributed by atoms with Crippen molar-refractivity contribution in [3.05, 3.63) is 51.4 Å². The number of carbonyl (C=O) groups is 2. The number of hydrogen-bond acceptors (Lipinski definition) is 5. The monoisotopic (exact) mass is 436 g/mol. The molecule has 2 aliphatic rings. The van der Waals surface area contributed by atoms with Crippen LogP contribution in [-0.2, 0) is 24.2 Å². The molecule has 0 saturated heterocycles. The van der Waals surface area contributed by atoms with Crippen LogP contribution in [0, 0.1) is 11.3 Å². The number of benzene rings is 1. The van der Waals surface area contributed by atoms with Crippen LogP contribution in [0.2, 0.25) is 0 Å². The molecule has 1 heterocycles. The molecule has 7 heteroatoms. The van der Waals surface area contributed by atoms with Crippen molar-refractivity contribution >= 4 is 28.2 Å². The number of nitrogens with one attached hydrogen (secondary N) is 1. The van der Waals surface area contributed by atoms with Crippen LogP contribution in [0.4, 0.5) is 5.00 Å². The fraction of sp³-hybridized carbons (Fsp3) is 0.458. The molecule has 0 radical (unpaired) electrons. The third kappa shape index (κ3) is 5.33. The second-order valence-electron chi connectivity index (χ2n) is 8.44. The van der Waals surface area contributed by atoms with Crippen molar-refractivity contribution in [2.24, 2.45) is 5.73 Å². The van der Waals surface area contributed by atoms with Crippen LogP contribution >= 0.6 is 11.3 Å². The number of nitriles is 1. The van der Waals surface area contributed by atoms with E-state index in [2.05, 4.69) is 16.3 Å². The Morgan fingerprint density at radius 3 is 2.58 bits per heavy atom. The molecule has 2 aromatic rings. The maximum Gasteiger partial charge on any atom is 0.248 e. The molecule has 1 fully saturated rings. The van der Waals surface area contributed by atoms with Gasteiger partial charge < -0.3 is 11.1 Å². The van der Waals surface area contributed by atoms with E-state index in [0.717, 1.165) is 61.2 Å². The first-order valence-electron chi connectivity index (χ1n) is 11.0. The number of anilines is 1. The van der Waals surface area contributed by atoms with Crippen molar-refractivity contribution < 1.29 is 9.59 Å². The number of hydrogen-bond donors (Lipinski definition) is 2. The Labute approximate surface area is 187 Å². The van der Waals surface area contributed by atoms with Gasteiger partial charge in [0.1, 0.15) is 11.1 Å². The maximum absolute atomic E-state index is 12.7. The highest BCUT2D eigenvalue weighted by Gasteiger charge is 2.29. The molecule has 1 aromatic heterocycles. The van der Waals surface area contributed by atoms with E-state index in [1.807, 2.05) is 12.1 Å². The predicted molar refractivity (Wildman–Crippen MR) is 122 cm³/mol. The van der Waals surface area contributed by atoms with Crippen LogP contribution in [0.3, 0.4) is 0 Å². The lowest BCUT2D eigenvalue weighted by Crippen LogP contribution is -2.29. The largest absolute Gasteiger partial charge is 0.366 e. The van der Waals surface area contributed by atoms with Crippen molar-refractivity contribution in [1.82, 2.24) is 4.90 Å². The fourth-order valence-electron chi connectivity index (χ4n) is 4.22. The summed E-state index contributed by atoms with van der Waals surface area (Å²) in [6.07, 6.45) is 8.11. The second kappa shape index (κ2) is 9.63. The van der Waals surface area contributed by atoms with E-state index < -0.39 is 5.91 Å². The van der Waals surface area contributed by atoms with Crippen LogP contribution in [-0.4, -0.2) is 29.3 Å². The van der Waals surface area contributed by atoms with Crippen LogP contribution in [0.15, 0.2) is 24.3 Å². The molecule has 0 unspecified atom stereocenters. The molecule has 1 aromatic carbocycles. The summed E-state index contributed by atoms with van der Waals surface area (Å²) in [6, 6.07) is 10.2. The first-order chi connectivity index (χ1) is 15.0. The van der Waals surface area contributed by atoms with Gasteiger partial charge in [0.2, 0.25) is 11.8 Å². The van der Waals surface area contributed by atoms with Crippen molar-refractivity contribution in [3.63, 3.8) is 0 Å². The Morgan fingerprint density at radius 1 is 1.16 bits per heavy atom. The number of nitrogens with zero attached hydrogens (tertiary/aromatic N) is 2. The number of rotatable bonds is 8. The molecule has 6 nitrogen and oxygen atoms in total. The minimum Gasteiger partial charge on any atom is -0.366 e. The SMILES string of the molecule is N#Cc1c(NC(=O)CCN(Cc2ccc(C(N)=O)cc2)C2CC2)sc2c1CCCCC2. The second-order valence-corrected chi connectivity index (χ2v) is 9.55. The molecule has 31 heavy (non-hydrogen) atoms. The van der Waals surface area contributed by atoms with Gasteiger partial charge in [0.05, 0.1) is 5.56 Å². The molecule has 1 saturated carbocycles. The molecule has 2 amide bonds. The quantitative estimate of drug-likeness (QED) is 0.611. The molecule has 0 aliphatic heterocycles. The third-order valence-corrected chi connectivity index (χ3v) is 7.31. The van der Waals surface area contributed by atoms with E-state index in [1.165, 1.54) is 11.3 Å². The molecule has 162 valence electrons. The van der Waals surface area contributed by atoms with Crippen molar-refractivity contribution in [3.8, 4) is 6.07 Å². The van der Waals surface area contributed by atoms with Crippen LogP contribution in [0.25, 0.3) is 0 Å². The number of amides is 2. The number of aryl methyl sites for hydroxylation is 1. The minimum atomic E-state index is -0.426. The highest BCUT2D eigenvalue weighted by Crippen LogP contribution is 2.37. The Balaban J connectivity index is 1.36. The van der Waals surface area contributed by atoms with Gasteiger partial charge in [-0.15, -0.1) is 11.3 Å². The van der Waals surface area contributed by atoms with Crippen LogP contribution < -0.4 is 11.1 Å². The summed E-state index contributed by atoms with van der Waals surface area (Å²) in [4.78, 5) is 27.5. The number of thiophene rings is 1. The summed E-state index contributed by atoms with van der Waals surface area (Å²) in [7, 11) is 0. The molecule has 0 bridgehead atoms. The molecule has 4 rings (SSSR count). The molecular formula is C24H28N4O2S. The van der Waals surface area contributed by atoms with Gasteiger partial charge >= 0.3 is 0 Å². The van der Waals surface area contributed by atoms with Crippen molar-refractivity contribution in [2.75, 3.05) is 11.9 Å². The Morgan fingerprint density at radius 2 is 1.90 bits per heavy atom. The van der Waals surface area contributed by atoms with Gasteiger partial charge in [0.25, 0.3) is 0 Å². The normalized spacial score (nSPS) is 15.7. The summed E-state index contributed by atoms with van der Waals surface area (Å²) in [5, 5.41) is 13.4. The van der Waals surface area contributed by atoms with Gasteiger partial charge in [-0.05, 0) is 61.8 Å². The first-order valence-corrected chi connectivity index (χ1v) is 11.8. The first kappa shape index (κ1) is 21.5. The third-order valence-electron chi connectivity index (χ3n) is 6.10. The molecular weight excluding hydrogens is 408 g/mol. The van der Waals surface area contributed by atoms with Gasteiger partial charge in [-0.3, -0.25) is 14.5 Å². The summed E-state index contributed by atoms with van der Waals surface area (Å²) >= 11 is 1.58. The minimum absolute atomic E-state index is 0.0392. The zero-order valence-corrected chi connectivity index (χ0v) is 18.5. The highest BCUT2D eigenvalue weighted by molar-refractivity contribution is 7.16. The summed E-state index contributed by atoms with van der Waals surface area (Å²) < 4.78 is 0. The average molecular weight is 437 g/mol. The Bertz CT molecular complexity index is 1000. The predicted octanol–water partition coefficient (Wildman–Crippen LogP) is 3.98. The highest BCUT2D eigenvalue weighted by atomic mass is 32.1. The van der Waals surface area contributed by atoms with Gasteiger partial charge in [-0.25, -0.2) is 0 Å². The van der Waals surface area contributed by atoms with Crippen molar-refractivity contribution in [1.29, 1.82) is 5.26 Å². The lowest BCUT2D eigenvalue weighted by Gasteiger charge is -2.22. The van der Waals surface area contributed by atoms with Crippen LogP contribution in [0.1, 0.15) is 70.5 Å². The number of carbonyl (C=O) groups excluding carboxylic acids is 2. The zero-order chi connectivity index (χ0) is 21.8. The lowest BCUT2D eigenvalue weighted by atomic mass is 10.1. The van der Waals surface area contributed by atoms with Gasteiger partial charge in [0.15, 0.2) is 0 Å². The number of nitrogens with two attached hydrogens (primary N) is 1. The standard InChI is InChI=1S/C24H28N4O2S/c25-14-20-19-4-2-1-3-5-21(19)31-24(20)27-22(29)12-13-28(18-10-11-18)15-16-6-8-17(9-7-16)23(26)30/h6-9,18H,1-5,10-13,15H2,(H2,26,30)(H,27,29). The van der Waals surface area contributed by atoms with E-state index in [1.54, 1.807) is 23.5 Å². The average Bonchev–Trinajstić information content (AvgIpc) is 3.58. The number of fused-ring (bicyclic) bond motifs is 1. The van der Waals surface area contributed by atoms with Gasteiger partial charge in [-0.2, -0.15) is 5.26 Å². The summed E-state index contributed by atoms with van der Waals surface area (Å²) in [6.45, 7) is 1.41.